The van der Waals surface area contributed by atoms with Crippen LogP contribution in [-0.2, 0) is 10.3 Å². The van der Waals surface area contributed by atoms with Crippen LogP contribution in [-0.4, -0.2) is 21.9 Å². The van der Waals surface area contributed by atoms with Gasteiger partial charge >= 0.3 is 12.0 Å². The summed E-state index contributed by atoms with van der Waals surface area (Å²) in [5.41, 5.74) is 0.784. The fourth-order valence-electron chi connectivity index (χ4n) is 3.43. The van der Waals surface area contributed by atoms with Crippen LogP contribution in [0.3, 0.4) is 0 Å². The van der Waals surface area contributed by atoms with E-state index in [4.69, 9.17) is 16.3 Å². The van der Waals surface area contributed by atoms with Crippen LogP contribution in [0.4, 0.5) is 10.5 Å². The highest BCUT2D eigenvalue weighted by Gasteiger charge is 2.51. The second kappa shape index (κ2) is 7.76. The molecule has 1 aliphatic rings. The zero-order valence-electron chi connectivity index (χ0n) is 16.4. The lowest BCUT2D eigenvalue weighted by molar-refractivity contribution is -0.122. The Bertz CT molecular complexity index is 1100. The van der Waals surface area contributed by atoms with Gasteiger partial charge in [-0.3, -0.25) is 4.79 Å². The highest BCUT2D eigenvalue weighted by Crippen LogP contribution is 2.36. The summed E-state index contributed by atoms with van der Waals surface area (Å²) >= 11 is 5.97. The first-order valence-corrected chi connectivity index (χ1v) is 9.81. The fraction of sp³-hybridized carbons (Fsp3) is 0.182. The van der Waals surface area contributed by atoms with Crippen molar-refractivity contribution in [1.82, 2.24) is 15.3 Å². The minimum atomic E-state index is -1.13. The van der Waals surface area contributed by atoms with E-state index in [0.717, 1.165) is 10.6 Å². The number of nitrogens with one attached hydrogen (secondary N) is 1. The van der Waals surface area contributed by atoms with Gasteiger partial charge in [-0.1, -0.05) is 30.7 Å². The predicted molar refractivity (Wildman–Crippen MR) is 113 cm³/mol. The first-order valence-electron chi connectivity index (χ1n) is 9.43. The van der Waals surface area contributed by atoms with Gasteiger partial charge in [0.25, 0.3) is 5.91 Å². The van der Waals surface area contributed by atoms with E-state index < -0.39 is 11.6 Å². The third kappa shape index (κ3) is 3.48. The van der Waals surface area contributed by atoms with Crippen LogP contribution in [0.2, 0.25) is 5.02 Å². The van der Waals surface area contributed by atoms with Crippen LogP contribution in [0.15, 0.2) is 60.8 Å². The topological polar surface area (TPSA) is 84.4 Å². The molecule has 8 heteroatoms. The van der Waals surface area contributed by atoms with Crippen LogP contribution in [0.1, 0.15) is 24.6 Å². The number of hydrogen-bond donors (Lipinski definition) is 1. The molecule has 0 bridgehead atoms. The molecule has 1 unspecified atom stereocenters. The number of carbonyl (C=O) groups is 2. The van der Waals surface area contributed by atoms with E-state index in [-0.39, 0.29) is 11.9 Å². The smallest absolute Gasteiger partial charge is 0.329 e. The second-order valence-electron chi connectivity index (χ2n) is 6.91. The van der Waals surface area contributed by atoms with Gasteiger partial charge in [0.1, 0.15) is 11.3 Å². The maximum absolute atomic E-state index is 13.3. The molecule has 1 fully saturated rings. The van der Waals surface area contributed by atoms with E-state index in [9.17, 15) is 9.59 Å². The zero-order chi connectivity index (χ0) is 21.3. The molecule has 1 saturated heterocycles. The molecule has 0 saturated carbocycles. The number of aryl methyl sites for hydroxylation is 1. The standard InChI is InChI=1S/C22H19ClN4O3/c1-3-22(15-4-6-16(23)7-5-15)19(28)27(21(29)26-22)17-8-10-18(11-9-17)30-20-24-13-12-14(2)25-20/h4-13H,3H2,1-2H3,(H,26,29). The lowest BCUT2D eigenvalue weighted by Crippen LogP contribution is -2.43. The quantitative estimate of drug-likeness (QED) is 0.608. The van der Waals surface area contributed by atoms with E-state index in [1.807, 2.05) is 13.8 Å². The molecular weight excluding hydrogens is 404 g/mol. The molecule has 30 heavy (non-hydrogen) atoms. The molecule has 7 nitrogen and oxygen atoms in total. The summed E-state index contributed by atoms with van der Waals surface area (Å²) in [7, 11) is 0. The van der Waals surface area contributed by atoms with Crippen molar-refractivity contribution in [3.8, 4) is 11.8 Å². The first kappa shape index (κ1) is 19.8. The van der Waals surface area contributed by atoms with Crippen LogP contribution < -0.4 is 15.0 Å². The molecule has 1 N–H and O–H groups in total. The van der Waals surface area contributed by atoms with Gasteiger partial charge in [0, 0.05) is 16.9 Å². The molecule has 0 aliphatic carbocycles. The molecule has 1 atom stereocenters. The molecule has 0 radical (unpaired) electrons. The molecule has 3 amide bonds. The number of ether oxygens (including phenoxy) is 1. The van der Waals surface area contributed by atoms with Crippen molar-refractivity contribution in [2.45, 2.75) is 25.8 Å². The second-order valence-corrected chi connectivity index (χ2v) is 7.35. The average Bonchev–Trinajstić information content (AvgIpc) is 3.00. The molecule has 1 aliphatic heterocycles. The Morgan fingerprint density at radius 1 is 1.07 bits per heavy atom. The summed E-state index contributed by atoms with van der Waals surface area (Å²) in [4.78, 5) is 35.4. The zero-order valence-corrected chi connectivity index (χ0v) is 17.2. The van der Waals surface area contributed by atoms with Gasteiger partial charge in [0.2, 0.25) is 0 Å². The molecular formula is C22H19ClN4O3. The van der Waals surface area contributed by atoms with Gasteiger partial charge in [0.05, 0.1) is 5.69 Å². The SMILES string of the molecule is CCC1(c2ccc(Cl)cc2)NC(=O)N(c2ccc(Oc3nccc(C)n3)cc2)C1=O. The van der Waals surface area contributed by atoms with Crippen LogP contribution >= 0.6 is 11.6 Å². The van der Waals surface area contributed by atoms with Gasteiger partial charge in [-0.2, -0.15) is 0 Å². The Morgan fingerprint density at radius 3 is 2.40 bits per heavy atom. The van der Waals surface area contributed by atoms with Crippen molar-refractivity contribution >= 4 is 29.2 Å². The number of rotatable bonds is 5. The minimum absolute atomic E-state index is 0.227. The molecule has 1 aromatic heterocycles. The number of benzene rings is 2. The summed E-state index contributed by atoms with van der Waals surface area (Å²) in [5.74, 6) is 0.156. The average molecular weight is 423 g/mol. The number of nitrogens with zero attached hydrogens (tertiary/aromatic N) is 3. The molecule has 4 rings (SSSR count). The van der Waals surface area contributed by atoms with Crippen LogP contribution in [0.25, 0.3) is 0 Å². The molecule has 3 aromatic rings. The maximum Gasteiger partial charge on any atom is 0.329 e. The summed E-state index contributed by atoms with van der Waals surface area (Å²) < 4.78 is 5.63. The normalized spacial score (nSPS) is 18.4. The molecule has 0 spiro atoms. The van der Waals surface area contributed by atoms with E-state index in [1.54, 1.807) is 60.8 Å². The lowest BCUT2D eigenvalue weighted by atomic mass is 9.87. The number of aromatic nitrogens is 2. The number of urea groups is 1. The van der Waals surface area contributed by atoms with E-state index in [2.05, 4.69) is 15.3 Å². The Balaban J connectivity index is 1.60. The van der Waals surface area contributed by atoms with Crippen molar-refractivity contribution < 1.29 is 14.3 Å². The van der Waals surface area contributed by atoms with Crippen molar-refractivity contribution in [3.05, 3.63) is 77.1 Å². The van der Waals surface area contributed by atoms with E-state index in [0.29, 0.717) is 28.4 Å². The van der Waals surface area contributed by atoms with E-state index in [1.165, 1.54) is 0 Å². The number of halogens is 1. The van der Waals surface area contributed by atoms with Gasteiger partial charge in [-0.15, -0.1) is 0 Å². The maximum atomic E-state index is 13.3. The lowest BCUT2D eigenvalue weighted by Gasteiger charge is -2.25. The first-order chi connectivity index (χ1) is 14.4. The van der Waals surface area contributed by atoms with Crippen molar-refractivity contribution in [3.63, 3.8) is 0 Å². The number of hydrogen-bond acceptors (Lipinski definition) is 5. The largest absolute Gasteiger partial charge is 0.424 e. The third-order valence-electron chi connectivity index (χ3n) is 5.04. The minimum Gasteiger partial charge on any atom is -0.424 e. The van der Waals surface area contributed by atoms with Crippen LogP contribution in [0.5, 0.6) is 11.8 Å². The van der Waals surface area contributed by atoms with Gasteiger partial charge in [-0.05, 0) is 61.4 Å². The highest BCUT2D eigenvalue weighted by molar-refractivity contribution is 6.30. The number of amides is 3. The van der Waals surface area contributed by atoms with E-state index >= 15 is 0 Å². The van der Waals surface area contributed by atoms with Crippen molar-refractivity contribution in [2.75, 3.05) is 4.90 Å². The highest BCUT2D eigenvalue weighted by atomic mass is 35.5. The van der Waals surface area contributed by atoms with Crippen molar-refractivity contribution in [1.29, 1.82) is 0 Å². The monoisotopic (exact) mass is 422 g/mol. The van der Waals surface area contributed by atoms with Gasteiger partial charge in [-0.25, -0.2) is 19.7 Å². The Morgan fingerprint density at radius 2 is 1.77 bits per heavy atom. The van der Waals surface area contributed by atoms with Crippen LogP contribution in [0, 0.1) is 6.92 Å². The summed E-state index contributed by atoms with van der Waals surface area (Å²) in [5, 5.41) is 3.42. The number of imide groups is 1. The molecule has 152 valence electrons. The van der Waals surface area contributed by atoms with Crippen molar-refractivity contribution in [2.24, 2.45) is 0 Å². The summed E-state index contributed by atoms with van der Waals surface area (Å²) in [6.45, 7) is 3.70. The Hall–Kier alpha value is -3.45. The Kier molecular flexibility index (Phi) is 5.13. The molecule has 2 aromatic carbocycles. The summed E-state index contributed by atoms with van der Waals surface area (Å²) in [6, 6.07) is 15.1. The predicted octanol–water partition coefficient (Wildman–Crippen LogP) is 4.59. The third-order valence-corrected chi connectivity index (χ3v) is 5.29. The fourth-order valence-corrected chi connectivity index (χ4v) is 3.55. The number of anilines is 1. The summed E-state index contributed by atoms with van der Waals surface area (Å²) in [6.07, 6.45) is 2.02. The van der Waals surface area contributed by atoms with Gasteiger partial charge < -0.3 is 10.1 Å². The number of carbonyl (C=O) groups excluding carboxylic acids is 2. The molecule has 2 heterocycles. The van der Waals surface area contributed by atoms with Gasteiger partial charge in [0.15, 0.2) is 0 Å². The Labute approximate surface area is 178 Å².